The first-order chi connectivity index (χ1) is 13.0. The SMILES string of the molecule is Cn1nc(CC2CC(F)(F)C2)c(C2CCC2)c1NC(=O)CC1(C(F)(F)F)CC1. The van der Waals surface area contributed by atoms with Gasteiger partial charge < -0.3 is 5.32 Å². The van der Waals surface area contributed by atoms with Crippen LogP contribution in [-0.2, 0) is 18.3 Å². The fourth-order valence-corrected chi connectivity index (χ4v) is 4.42. The van der Waals surface area contributed by atoms with Crippen molar-refractivity contribution in [1.82, 2.24) is 9.78 Å². The highest BCUT2D eigenvalue weighted by Crippen LogP contribution is 2.60. The van der Waals surface area contributed by atoms with Gasteiger partial charge in [0.2, 0.25) is 11.8 Å². The normalized spacial score (nSPS) is 23.8. The van der Waals surface area contributed by atoms with Crippen molar-refractivity contribution in [3.63, 3.8) is 0 Å². The van der Waals surface area contributed by atoms with Crippen molar-refractivity contribution in [3.05, 3.63) is 11.3 Å². The van der Waals surface area contributed by atoms with Gasteiger partial charge in [-0.3, -0.25) is 9.48 Å². The molecule has 3 aliphatic rings. The van der Waals surface area contributed by atoms with Gasteiger partial charge in [-0.25, -0.2) is 8.78 Å². The van der Waals surface area contributed by atoms with Gasteiger partial charge >= 0.3 is 6.18 Å². The predicted octanol–water partition coefficient (Wildman–Crippen LogP) is 4.95. The number of anilines is 1. The molecule has 1 amide bonds. The molecular weight excluding hydrogens is 381 g/mol. The molecule has 0 aromatic carbocycles. The van der Waals surface area contributed by atoms with Crippen LogP contribution >= 0.6 is 0 Å². The van der Waals surface area contributed by atoms with E-state index >= 15 is 0 Å². The molecule has 28 heavy (non-hydrogen) atoms. The molecule has 3 fully saturated rings. The first-order valence-corrected chi connectivity index (χ1v) is 9.80. The average Bonchev–Trinajstić information content (AvgIpc) is 3.21. The Kier molecular flexibility index (Phi) is 4.50. The molecule has 0 aliphatic heterocycles. The van der Waals surface area contributed by atoms with Gasteiger partial charge in [0.1, 0.15) is 5.82 Å². The Labute approximate surface area is 159 Å². The third-order valence-electron chi connectivity index (χ3n) is 6.54. The van der Waals surface area contributed by atoms with Crippen LogP contribution in [0.25, 0.3) is 0 Å². The Morgan fingerprint density at radius 3 is 2.36 bits per heavy atom. The van der Waals surface area contributed by atoms with Crippen molar-refractivity contribution >= 4 is 11.7 Å². The molecule has 1 N–H and O–H groups in total. The van der Waals surface area contributed by atoms with Crippen LogP contribution in [0.15, 0.2) is 0 Å². The van der Waals surface area contributed by atoms with E-state index in [0.29, 0.717) is 17.9 Å². The van der Waals surface area contributed by atoms with Crippen LogP contribution < -0.4 is 5.32 Å². The Balaban J connectivity index is 1.51. The molecule has 4 nitrogen and oxygen atoms in total. The first-order valence-electron chi connectivity index (χ1n) is 9.80. The van der Waals surface area contributed by atoms with Gasteiger partial charge in [-0.05, 0) is 43.9 Å². The molecule has 4 rings (SSSR count). The Hall–Kier alpha value is -1.67. The van der Waals surface area contributed by atoms with Gasteiger partial charge in [0.15, 0.2) is 0 Å². The smallest absolute Gasteiger partial charge is 0.311 e. The van der Waals surface area contributed by atoms with Gasteiger partial charge in [-0.2, -0.15) is 18.3 Å². The predicted molar refractivity (Wildman–Crippen MR) is 92.1 cm³/mol. The number of amides is 1. The largest absolute Gasteiger partial charge is 0.395 e. The van der Waals surface area contributed by atoms with Gasteiger partial charge in [-0.1, -0.05) is 6.42 Å². The summed E-state index contributed by atoms with van der Waals surface area (Å²) in [6, 6.07) is 0. The van der Waals surface area contributed by atoms with Crippen molar-refractivity contribution in [2.75, 3.05) is 5.32 Å². The molecule has 9 heteroatoms. The molecule has 0 unspecified atom stereocenters. The van der Waals surface area contributed by atoms with E-state index in [1.54, 1.807) is 7.05 Å². The molecule has 1 aromatic rings. The van der Waals surface area contributed by atoms with E-state index in [4.69, 9.17) is 0 Å². The number of carbonyl (C=O) groups is 1. The van der Waals surface area contributed by atoms with Gasteiger partial charge in [0.25, 0.3) is 0 Å². The fourth-order valence-electron chi connectivity index (χ4n) is 4.42. The number of hydrogen-bond donors (Lipinski definition) is 1. The number of aromatic nitrogens is 2. The van der Waals surface area contributed by atoms with Crippen molar-refractivity contribution < 1.29 is 26.7 Å². The molecule has 1 aromatic heterocycles. The van der Waals surface area contributed by atoms with E-state index in [9.17, 15) is 26.7 Å². The lowest BCUT2D eigenvalue weighted by Gasteiger charge is -2.35. The second kappa shape index (κ2) is 6.42. The number of halogens is 5. The zero-order valence-corrected chi connectivity index (χ0v) is 15.7. The van der Waals surface area contributed by atoms with Crippen molar-refractivity contribution in [3.8, 4) is 0 Å². The van der Waals surface area contributed by atoms with Crippen LogP contribution in [0, 0.1) is 11.3 Å². The Bertz CT molecular complexity index is 769. The lowest BCUT2D eigenvalue weighted by molar-refractivity contribution is -0.189. The lowest BCUT2D eigenvalue weighted by Crippen LogP contribution is -2.36. The molecule has 0 saturated heterocycles. The van der Waals surface area contributed by atoms with Crippen LogP contribution in [0.2, 0.25) is 0 Å². The molecule has 0 radical (unpaired) electrons. The summed E-state index contributed by atoms with van der Waals surface area (Å²) in [7, 11) is 1.63. The molecule has 0 bridgehead atoms. The van der Waals surface area contributed by atoms with Crippen molar-refractivity contribution in [1.29, 1.82) is 0 Å². The molecular formula is C19H24F5N3O. The third kappa shape index (κ3) is 3.52. The number of nitrogens with one attached hydrogen (secondary N) is 1. The Morgan fingerprint density at radius 2 is 1.89 bits per heavy atom. The van der Waals surface area contributed by atoms with Crippen LogP contribution in [0.3, 0.4) is 0 Å². The van der Waals surface area contributed by atoms with Crippen LogP contribution in [0.4, 0.5) is 27.8 Å². The summed E-state index contributed by atoms with van der Waals surface area (Å²) in [5.74, 6) is -2.82. The first kappa shape index (κ1) is 19.6. The highest BCUT2D eigenvalue weighted by Gasteiger charge is 2.63. The maximum atomic E-state index is 13.2. The van der Waals surface area contributed by atoms with Crippen LogP contribution in [0.1, 0.15) is 68.5 Å². The average molecular weight is 405 g/mol. The lowest BCUT2D eigenvalue weighted by atomic mass is 9.75. The third-order valence-corrected chi connectivity index (χ3v) is 6.54. The summed E-state index contributed by atoms with van der Waals surface area (Å²) in [6.45, 7) is 0. The maximum absolute atomic E-state index is 13.2. The highest BCUT2D eigenvalue weighted by atomic mass is 19.4. The minimum atomic E-state index is -4.38. The molecule has 0 spiro atoms. The topological polar surface area (TPSA) is 46.9 Å². The molecule has 0 atom stereocenters. The number of nitrogens with zero attached hydrogens (tertiary/aromatic N) is 2. The Morgan fingerprint density at radius 1 is 1.25 bits per heavy atom. The van der Waals surface area contributed by atoms with E-state index < -0.39 is 29.8 Å². The van der Waals surface area contributed by atoms with E-state index in [0.717, 1.165) is 24.8 Å². The number of rotatable bonds is 6. The van der Waals surface area contributed by atoms with Crippen molar-refractivity contribution in [2.45, 2.75) is 75.8 Å². The van der Waals surface area contributed by atoms with E-state index in [1.165, 1.54) is 4.68 Å². The molecule has 3 saturated carbocycles. The van der Waals surface area contributed by atoms with Gasteiger partial charge in [0.05, 0.1) is 11.1 Å². The van der Waals surface area contributed by atoms with Gasteiger partial charge in [0, 0.05) is 31.9 Å². The highest BCUT2D eigenvalue weighted by molar-refractivity contribution is 5.91. The minimum absolute atomic E-state index is 0.0219. The molecule has 156 valence electrons. The second-order valence-electron chi connectivity index (χ2n) is 8.80. The summed E-state index contributed by atoms with van der Waals surface area (Å²) in [5, 5.41) is 7.09. The zero-order chi connectivity index (χ0) is 20.3. The monoisotopic (exact) mass is 405 g/mol. The second-order valence-corrected chi connectivity index (χ2v) is 8.80. The number of aryl methyl sites for hydroxylation is 1. The summed E-state index contributed by atoms with van der Waals surface area (Å²) in [6.07, 6.45) is -2.07. The summed E-state index contributed by atoms with van der Waals surface area (Å²) in [4.78, 5) is 12.4. The van der Waals surface area contributed by atoms with E-state index in [2.05, 4.69) is 10.4 Å². The summed E-state index contributed by atoms with van der Waals surface area (Å²) >= 11 is 0. The number of carbonyl (C=O) groups excluding carboxylic acids is 1. The maximum Gasteiger partial charge on any atom is 0.395 e. The number of hydrogen-bond acceptors (Lipinski definition) is 2. The quantitative estimate of drug-likeness (QED) is 0.681. The summed E-state index contributed by atoms with van der Waals surface area (Å²) in [5.41, 5.74) is -0.374. The molecule has 3 aliphatic carbocycles. The number of alkyl halides is 5. The zero-order valence-electron chi connectivity index (χ0n) is 15.7. The molecule has 1 heterocycles. The van der Waals surface area contributed by atoms with Crippen LogP contribution in [-0.4, -0.2) is 27.8 Å². The van der Waals surface area contributed by atoms with Gasteiger partial charge in [-0.15, -0.1) is 0 Å². The standard InChI is InChI=1S/C19H24F5N3O/c1-27-16(25-14(28)10-17(5-6-17)19(22,23)24)15(12-3-2-4-12)13(26-27)7-11-8-18(20,21)9-11/h11-12H,2-10H2,1H3,(H,25,28). The van der Waals surface area contributed by atoms with E-state index in [-0.39, 0.29) is 37.5 Å². The van der Waals surface area contributed by atoms with Crippen LogP contribution in [0.5, 0.6) is 0 Å². The van der Waals surface area contributed by atoms with E-state index in [1.807, 2.05) is 0 Å². The summed E-state index contributed by atoms with van der Waals surface area (Å²) < 4.78 is 67.2. The fraction of sp³-hybridized carbons (Fsp3) is 0.789. The van der Waals surface area contributed by atoms with Crippen molar-refractivity contribution in [2.24, 2.45) is 18.4 Å². The minimum Gasteiger partial charge on any atom is -0.311 e.